The van der Waals surface area contributed by atoms with Gasteiger partial charge in [0.05, 0.1) is 6.54 Å². The molecule has 3 rings (SSSR count). The van der Waals surface area contributed by atoms with E-state index in [4.69, 9.17) is 9.47 Å². The van der Waals surface area contributed by atoms with Crippen LogP contribution < -0.4 is 10.1 Å². The van der Waals surface area contributed by atoms with E-state index in [1.807, 2.05) is 47.8 Å². The van der Waals surface area contributed by atoms with E-state index in [1.165, 1.54) is 4.90 Å². The maximum absolute atomic E-state index is 12.2. The lowest BCUT2D eigenvalue weighted by Gasteiger charge is -2.16. The zero-order valence-corrected chi connectivity index (χ0v) is 17.8. The molecule has 31 heavy (non-hydrogen) atoms. The number of thiophene rings is 1. The minimum atomic E-state index is -0.685. The average molecular weight is 439 g/mol. The second-order valence-electron chi connectivity index (χ2n) is 6.61. The summed E-state index contributed by atoms with van der Waals surface area (Å²) >= 11 is 1.55. The third-order valence-corrected chi connectivity index (χ3v) is 5.11. The summed E-state index contributed by atoms with van der Waals surface area (Å²) in [5.41, 5.74) is 0.375. The summed E-state index contributed by atoms with van der Waals surface area (Å²) < 4.78 is 10.6. The van der Waals surface area contributed by atoms with Gasteiger partial charge < -0.3 is 19.7 Å². The number of nitrogens with one attached hydrogen (secondary N) is 1. The van der Waals surface area contributed by atoms with Crippen molar-refractivity contribution in [3.63, 3.8) is 0 Å². The summed E-state index contributed by atoms with van der Waals surface area (Å²) in [5.74, 6) is -0.146. The highest BCUT2D eigenvalue weighted by Gasteiger charge is 2.14. The Labute approximate surface area is 184 Å². The molecule has 0 aliphatic rings. The summed E-state index contributed by atoms with van der Waals surface area (Å²) in [4.78, 5) is 38.6. The van der Waals surface area contributed by atoms with Gasteiger partial charge in [0.25, 0.3) is 11.8 Å². The maximum atomic E-state index is 12.2. The Kier molecular flexibility index (Phi) is 7.78. The van der Waals surface area contributed by atoms with Crippen LogP contribution in [0.5, 0.6) is 11.5 Å². The number of rotatable bonds is 9. The van der Waals surface area contributed by atoms with Gasteiger partial charge in [0, 0.05) is 17.5 Å². The van der Waals surface area contributed by atoms with Gasteiger partial charge in [-0.3, -0.25) is 14.4 Å². The fraction of sp³-hybridized carbons (Fsp3) is 0.174. The SMILES string of the molecule is CN(Cc1cccs1)C(=O)COC(=O)CNC(=O)c1ccc(Oc2ccccc2)cc1. The van der Waals surface area contributed by atoms with Crippen LogP contribution in [0.3, 0.4) is 0 Å². The van der Waals surface area contributed by atoms with Crippen molar-refractivity contribution < 1.29 is 23.9 Å². The Balaban J connectivity index is 1.39. The van der Waals surface area contributed by atoms with E-state index in [9.17, 15) is 14.4 Å². The Morgan fingerprint density at radius 2 is 1.65 bits per heavy atom. The Morgan fingerprint density at radius 1 is 0.935 bits per heavy atom. The molecule has 3 aromatic rings. The second kappa shape index (κ2) is 10.9. The van der Waals surface area contributed by atoms with Crippen molar-refractivity contribution in [1.82, 2.24) is 10.2 Å². The summed E-state index contributed by atoms with van der Waals surface area (Å²) in [6, 6.07) is 19.7. The molecule has 0 aliphatic heterocycles. The minimum Gasteiger partial charge on any atom is -0.457 e. The first-order valence-corrected chi connectivity index (χ1v) is 10.4. The fourth-order valence-corrected chi connectivity index (χ4v) is 3.34. The summed E-state index contributed by atoms with van der Waals surface area (Å²) in [7, 11) is 1.64. The van der Waals surface area contributed by atoms with Crippen molar-refractivity contribution in [2.75, 3.05) is 20.2 Å². The first-order chi connectivity index (χ1) is 15.0. The van der Waals surface area contributed by atoms with Crippen LogP contribution in [0.25, 0.3) is 0 Å². The average Bonchev–Trinajstić information content (AvgIpc) is 3.30. The standard InChI is InChI=1S/C23H22N2O5S/c1-25(15-20-8-5-13-31-20)21(26)16-29-22(27)14-24-23(28)17-9-11-19(12-10-17)30-18-6-3-2-4-7-18/h2-13H,14-16H2,1H3,(H,24,28). The zero-order chi connectivity index (χ0) is 22.1. The molecule has 0 unspecified atom stereocenters. The number of carbonyl (C=O) groups is 3. The number of benzene rings is 2. The van der Waals surface area contributed by atoms with Crippen LogP contribution in [0.2, 0.25) is 0 Å². The van der Waals surface area contributed by atoms with Crippen molar-refractivity contribution in [2.24, 2.45) is 0 Å². The number of ether oxygens (including phenoxy) is 2. The van der Waals surface area contributed by atoms with Crippen molar-refractivity contribution >= 4 is 29.1 Å². The van der Waals surface area contributed by atoms with Crippen molar-refractivity contribution in [3.05, 3.63) is 82.6 Å². The van der Waals surface area contributed by atoms with Crippen LogP contribution in [-0.2, 0) is 20.9 Å². The molecule has 0 saturated heterocycles. The van der Waals surface area contributed by atoms with Crippen molar-refractivity contribution in [1.29, 1.82) is 0 Å². The number of carbonyl (C=O) groups excluding carboxylic acids is 3. The van der Waals surface area contributed by atoms with Crippen LogP contribution >= 0.6 is 11.3 Å². The van der Waals surface area contributed by atoms with Crippen LogP contribution in [-0.4, -0.2) is 42.9 Å². The maximum Gasteiger partial charge on any atom is 0.325 e. The van der Waals surface area contributed by atoms with Gasteiger partial charge in [-0.05, 0) is 47.8 Å². The minimum absolute atomic E-state index is 0.318. The molecule has 0 atom stereocenters. The van der Waals surface area contributed by atoms with E-state index in [0.29, 0.717) is 23.6 Å². The molecule has 0 fully saturated rings. The fourth-order valence-electron chi connectivity index (χ4n) is 2.58. The summed E-state index contributed by atoms with van der Waals surface area (Å²) in [6.07, 6.45) is 0. The highest BCUT2D eigenvalue weighted by Crippen LogP contribution is 2.21. The zero-order valence-electron chi connectivity index (χ0n) is 16.9. The predicted molar refractivity (Wildman–Crippen MR) is 117 cm³/mol. The molecule has 2 amide bonds. The molecule has 1 N–H and O–H groups in total. The van der Waals surface area contributed by atoms with E-state index in [0.717, 1.165) is 4.88 Å². The highest BCUT2D eigenvalue weighted by molar-refractivity contribution is 7.09. The lowest BCUT2D eigenvalue weighted by atomic mass is 10.2. The Morgan fingerprint density at radius 3 is 2.32 bits per heavy atom. The molecule has 0 radical (unpaired) electrons. The molecule has 1 aromatic heterocycles. The van der Waals surface area contributed by atoms with E-state index in [-0.39, 0.29) is 19.1 Å². The van der Waals surface area contributed by atoms with Crippen molar-refractivity contribution in [3.8, 4) is 11.5 Å². The van der Waals surface area contributed by atoms with Gasteiger partial charge in [0.2, 0.25) is 0 Å². The smallest absolute Gasteiger partial charge is 0.325 e. The topological polar surface area (TPSA) is 84.9 Å². The van der Waals surface area contributed by atoms with Gasteiger partial charge in [0.15, 0.2) is 6.61 Å². The normalized spacial score (nSPS) is 10.2. The molecule has 8 heteroatoms. The molecule has 2 aromatic carbocycles. The number of para-hydroxylation sites is 1. The van der Waals surface area contributed by atoms with Gasteiger partial charge >= 0.3 is 5.97 Å². The monoisotopic (exact) mass is 438 g/mol. The molecular formula is C23H22N2O5S. The molecule has 0 bridgehead atoms. The highest BCUT2D eigenvalue weighted by atomic mass is 32.1. The predicted octanol–water partition coefficient (Wildman–Crippen LogP) is 3.47. The third-order valence-electron chi connectivity index (χ3n) is 4.24. The molecule has 1 heterocycles. The molecule has 0 saturated carbocycles. The number of hydrogen-bond donors (Lipinski definition) is 1. The molecule has 0 aliphatic carbocycles. The quantitative estimate of drug-likeness (QED) is 0.517. The lowest BCUT2D eigenvalue weighted by Crippen LogP contribution is -2.34. The number of esters is 1. The lowest BCUT2D eigenvalue weighted by molar-refractivity contribution is -0.150. The van der Waals surface area contributed by atoms with Gasteiger partial charge in [-0.1, -0.05) is 24.3 Å². The van der Waals surface area contributed by atoms with Gasteiger partial charge in [-0.15, -0.1) is 11.3 Å². The van der Waals surface area contributed by atoms with Crippen LogP contribution in [0.15, 0.2) is 72.1 Å². The number of amides is 2. The first-order valence-electron chi connectivity index (χ1n) is 9.54. The van der Waals surface area contributed by atoms with Gasteiger partial charge in [0.1, 0.15) is 18.0 Å². The van der Waals surface area contributed by atoms with Crippen LogP contribution in [0.4, 0.5) is 0 Å². The van der Waals surface area contributed by atoms with E-state index >= 15 is 0 Å². The number of hydrogen-bond acceptors (Lipinski definition) is 6. The molecule has 7 nitrogen and oxygen atoms in total. The second-order valence-corrected chi connectivity index (χ2v) is 7.64. The van der Waals surface area contributed by atoms with Crippen molar-refractivity contribution in [2.45, 2.75) is 6.54 Å². The van der Waals surface area contributed by atoms with Crippen LogP contribution in [0.1, 0.15) is 15.2 Å². The van der Waals surface area contributed by atoms with Gasteiger partial charge in [-0.25, -0.2) is 0 Å². The summed E-state index contributed by atoms with van der Waals surface area (Å²) in [6.45, 7) is -0.250. The number of nitrogens with zero attached hydrogens (tertiary/aromatic N) is 1. The Bertz CT molecular complexity index is 1000. The molecular weight excluding hydrogens is 416 g/mol. The summed E-state index contributed by atoms with van der Waals surface area (Å²) in [5, 5.41) is 4.41. The molecule has 160 valence electrons. The third kappa shape index (κ3) is 6.97. The Hall–Kier alpha value is -3.65. The van der Waals surface area contributed by atoms with Crippen LogP contribution in [0, 0.1) is 0 Å². The number of likely N-dealkylation sites (N-methyl/N-ethyl adjacent to an activating group) is 1. The van der Waals surface area contributed by atoms with E-state index in [2.05, 4.69) is 5.32 Å². The molecule has 0 spiro atoms. The van der Waals surface area contributed by atoms with E-state index < -0.39 is 11.9 Å². The largest absolute Gasteiger partial charge is 0.457 e. The van der Waals surface area contributed by atoms with E-state index in [1.54, 1.807) is 42.6 Å². The van der Waals surface area contributed by atoms with Gasteiger partial charge in [-0.2, -0.15) is 0 Å². The first kappa shape index (κ1) is 22.0.